The summed E-state index contributed by atoms with van der Waals surface area (Å²) in [5, 5.41) is 18.0. The predicted octanol–water partition coefficient (Wildman–Crippen LogP) is 3.06. The second kappa shape index (κ2) is 4.52. The van der Waals surface area contributed by atoms with Gasteiger partial charge >= 0.3 is 5.97 Å². The number of carboxylic acid groups (broad SMARTS) is 1. The van der Waals surface area contributed by atoms with Crippen LogP contribution in [-0.4, -0.2) is 16.1 Å². The van der Waals surface area contributed by atoms with Crippen LogP contribution in [0.1, 0.15) is 15.9 Å². The van der Waals surface area contributed by atoms with Crippen LogP contribution in [0.15, 0.2) is 46.9 Å². The molecule has 0 bridgehead atoms. The summed E-state index contributed by atoms with van der Waals surface area (Å²) < 4.78 is 5.54. The van der Waals surface area contributed by atoms with Gasteiger partial charge in [0.2, 0.25) is 5.89 Å². The topological polar surface area (TPSA) is 87.1 Å². The van der Waals surface area contributed by atoms with Gasteiger partial charge in [-0.25, -0.2) is 9.78 Å². The maximum absolute atomic E-state index is 11.1. The zero-order chi connectivity index (χ0) is 14.1. The van der Waals surface area contributed by atoms with Crippen LogP contribution < -0.4 is 0 Å². The largest absolute Gasteiger partial charge is 0.478 e. The van der Waals surface area contributed by atoms with Crippen molar-refractivity contribution >= 4 is 17.1 Å². The fraction of sp³-hybridized carbons (Fsp3) is 0. The number of aromatic nitrogens is 1. The summed E-state index contributed by atoms with van der Waals surface area (Å²) in [4.78, 5) is 15.4. The number of para-hydroxylation sites is 1. The normalized spacial score (nSPS) is 10.3. The van der Waals surface area contributed by atoms with Crippen molar-refractivity contribution in [2.24, 2.45) is 0 Å². The number of hydrogen-bond donors (Lipinski definition) is 1. The molecule has 0 aliphatic heterocycles. The second-order valence-electron chi connectivity index (χ2n) is 4.17. The molecule has 0 aliphatic rings. The Morgan fingerprint density at radius 1 is 1.25 bits per heavy atom. The molecule has 0 spiro atoms. The van der Waals surface area contributed by atoms with E-state index in [1.54, 1.807) is 36.4 Å². The van der Waals surface area contributed by atoms with Gasteiger partial charge in [0.1, 0.15) is 11.1 Å². The van der Waals surface area contributed by atoms with E-state index in [0.717, 1.165) is 0 Å². The lowest BCUT2D eigenvalue weighted by Gasteiger charge is -1.95. The molecule has 5 nitrogen and oxygen atoms in total. The molecular weight excluding hydrogens is 256 g/mol. The van der Waals surface area contributed by atoms with Crippen LogP contribution in [0.2, 0.25) is 0 Å². The highest BCUT2D eigenvalue weighted by molar-refractivity contribution is 6.00. The van der Waals surface area contributed by atoms with Crippen molar-refractivity contribution in [1.82, 2.24) is 4.98 Å². The number of rotatable bonds is 2. The molecule has 0 unspecified atom stereocenters. The summed E-state index contributed by atoms with van der Waals surface area (Å²) >= 11 is 0. The smallest absolute Gasteiger partial charge is 0.339 e. The third-order valence-electron chi connectivity index (χ3n) is 2.88. The molecule has 20 heavy (non-hydrogen) atoms. The van der Waals surface area contributed by atoms with Gasteiger partial charge in [-0.15, -0.1) is 0 Å². The molecule has 0 aliphatic carbocycles. The number of hydrogen-bond acceptors (Lipinski definition) is 4. The van der Waals surface area contributed by atoms with Crippen molar-refractivity contribution in [3.8, 4) is 17.5 Å². The Morgan fingerprint density at radius 3 is 2.80 bits per heavy atom. The standard InChI is InChI=1S/C15H8N2O3/c16-8-9-3-1-4-10(7-9)14-17-12-6-2-5-11(15(18)19)13(12)20-14/h1-7H,(H,18,19). The van der Waals surface area contributed by atoms with Gasteiger partial charge in [0.15, 0.2) is 5.58 Å². The van der Waals surface area contributed by atoms with Crippen LogP contribution >= 0.6 is 0 Å². The van der Waals surface area contributed by atoms with Gasteiger partial charge in [-0.2, -0.15) is 5.26 Å². The van der Waals surface area contributed by atoms with E-state index in [0.29, 0.717) is 22.5 Å². The number of benzene rings is 2. The highest BCUT2D eigenvalue weighted by Gasteiger charge is 2.15. The Bertz CT molecular complexity index is 859. The average Bonchev–Trinajstić information content (AvgIpc) is 2.91. The van der Waals surface area contributed by atoms with Gasteiger partial charge in [0.25, 0.3) is 0 Å². The molecule has 0 saturated heterocycles. The molecule has 1 heterocycles. The lowest BCUT2D eigenvalue weighted by molar-refractivity contribution is 0.0698. The summed E-state index contributed by atoms with van der Waals surface area (Å²) in [7, 11) is 0. The van der Waals surface area contributed by atoms with E-state index in [1.807, 2.05) is 6.07 Å². The van der Waals surface area contributed by atoms with Gasteiger partial charge in [-0.3, -0.25) is 0 Å². The Morgan fingerprint density at radius 2 is 2.05 bits per heavy atom. The minimum atomic E-state index is -1.07. The molecule has 3 rings (SSSR count). The van der Waals surface area contributed by atoms with Gasteiger partial charge in [-0.05, 0) is 30.3 Å². The fourth-order valence-corrected chi connectivity index (χ4v) is 1.96. The Labute approximate surface area is 113 Å². The highest BCUT2D eigenvalue weighted by atomic mass is 16.4. The van der Waals surface area contributed by atoms with Gasteiger partial charge in [0, 0.05) is 5.56 Å². The Kier molecular flexibility index (Phi) is 2.70. The lowest BCUT2D eigenvalue weighted by atomic mass is 10.1. The van der Waals surface area contributed by atoms with Crippen LogP contribution in [0.4, 0.5) is 0 Å². The summed E-state index contributed by atoms with van der Waals surface area (Å²) in [6, 6.07) is 13.6. The number of nitriles is 1. The molecule has 2 aromatic carbocycles. The number of oxazole rings is 1. The van der Waals surface area contributed by atoms with Gasteiger partial charge < -0.3 is 9.52 Å². The second-order valence-corrected chi connectivity index (χ2v) is 4.17. The van der Waals surface area contributed by atoms with Crippen LogP contribution in [0.5, 0.6) is 0 Å². The summed E-state index contributed by atoms with van der Waals surface area (Å²) in [6.45, 7) is 0. The first-order valence-corrected chi connectivity index (χ1v) is 5.82. The number of aromatic carboxylic acids is 1. The van der Waals surface area contributed by atoms with Crippen molar-refractivity contribution in [3.63, 3.8) is 0 Å². The van der Waals surface area contributed by atoms with E-state index in [4.69, 9.17) is 14.8 Å². The van der Waals surface area contributed by atoms with E-state index >= 15 is 0 Å². The van der Waals surface area contributed by atoms with E-state index in [-0.39, 0.29) is 11.1 Å². The SMILES string of the molecule is N#Cc1cccc(-c2nc3cccc(C(=O)O)c3o2)c1. The van der Waals surface area contributed by atoms with Crippen molar-refractivity contribution in [2.75, 3.05) is 0 Å². The Balaban J connectivity index is 2.21. The highest BCUT2D eigenvalue weighted by Crippen LogP contribution is 2.27. The van der Waals surface area contributed by atoms with E-state index in [2.05, 4.69) is 4.98 Å². The number of fused-ring (bicyclic) bond motifs is 1. The van der Waals surface area contributed by atoms with Crippen molar-refractivity contribution in [3.05, 3.63) is 53.6 Å². The van der Waals surface area contributed by atoms with Crippen molar-refractivity contribution in [1.29, 1.82) is 5.26 Å². The molecule has 1 aromatic heterocycles. The molecule has 5 heteroatoms. The van der Waals surface area contributed by atoms with E-state index in [9.17, 15) is 4.79 Å². The third kappa shape index (κ3) is 1.89. The van der Waals surface area contributed by atoms with Crippen molar-refractivity contribution < 1.29 is 14.3 Å². The molecular formula is C15H8N2O3. The van der Waals surface area contributed by atoms with Crippen molar-refractivity contribution in [2.45, 2.75) is 0 Å². The van der Waals surface area contributed by atoms with Gasteiger partial charge in [-0.1, -0.05) is 12.1 Å². The van der Waals surface area contributed by atoms with Crippen LogP contribution in [0.25, 0.3) is 22.6 Å². The lowest BCUT2D eigenvalue weighted by Crippen LogP contribution is -1.95. The molecule has 0 saturated carbocycles. The zero-order valence-electron chi connectivity index (χ0n) is 10.2. The van der Waals surface area contributed by atoms with Gasteiger partial charge in [0.05, 0.1) is 11.6 Å². The maximum Gasteiger partial charge on any atom is 0.339 e. The maximum atomic E-state index is 11.1. The van der Waals surface area contributed by atoms with Crippen LogP contribution in [0, 0.1) is 11.3 Å². The summed E-state index contributed by atoms with van der Waals surface area (Å²) in [6.07, 6.45) is 0. The fourth-order valence-electron chi connectivity index (χ4n) is 1.96. The molecule has 0 atom stereocenters. The van der Waals surface area contributed by atoms with Crippen LogP contribution in [0.3, 0.4) is 0 Å². The first-order chi connectivity index (χ1) is 9.69. The minimum absolute atomic E-state index is 0.0673. The Hall–Kier alpha value is -3.13. The quantitative estimate of drug-likeness (QED) is 0.768. The van der Waals surface area contributed by atoms with E-state index in [1.165, 1.54) is 6.07 Å². The third-order valence-corrected chi connectivity index (χ3v) is 2.88. The minimum Gasteiger partial charge on any atom is -0.478 e. The molecule has 1 N–H and O–H groups in total. The zero-order valence-corrected chi connectivity index (χ0v) is 10.2. The predicted molar refractivity (Wildman–Crippen MR) is 71.1 cm³/mol. The summed E-state index contributed by atoms with van der Waals surface area (Å²) in [5.41, 5.74) is 1.90. The number of nitrogens with zero attached hydrogens (tertiary/aromatic N) is 2. The van der Waals surface area contributed by atoms with Crippen LogP contribution in [-0.2, 0) is 0 Å². The first-order valence-electron chi connectivity index (χ1n) is 5.82. The molecule has 0 amide bonds. The molecule has 0 radical (unpaired) electrons. The monoisotopic (exact) mass is 264 g/mol. The average molecular weight is 264 g/mol. The summed E-state index contributed by atoms with van der Waals surface area (Å²) in [5.74, 6) is -0.769. The number of carbonyl (C=O) groups is 1. The molecule has 96 valence electrons. The first kappa shape index (κ1) is 11.9. The van der Waals surface area contributed by atoms with E-state index < -0.39 is 5.97 Å². The number of carboxylic acids is 1. The molecule has 0 fully saturated rings. The molecule has 3 aromatic rings.